The predicted octanol–water partition coefficient (Wildman–Crippen LogP) is 8.25. The van der Waals surface area contributed by atoms with Crippen molar-refractivity contribution in [3.8, 4) is 34.1 Å². The van der Waals surface area contributed by atoms with Crippen molar-refractivity contribution >= 4 is 23.0 Å². The van der Waals surface area contributed by atoms with Crippen molar-refractivity contribution in [3.63, 3.8) is 0 Å². The molecule has 0 saturated heterocycles. The third kappa shape index (κ3) is 5.57. The van der Waals surface area contributed by atoms with Crippen LogP contribution in [-0.4, -0.2) is 24.2 Å². The van der Waals surface area contributed by atoms with Gasteiger partial charge in [-0.2, -0.15) is 0 Å². The lowest BCUT2D eigenvalue weighted by Gasteiger charge is -2.08. The molecule has 182 valence electrons. The second-order valence-electron chi connectivity index (χ2n) is 7.71. The van der Waals surface area contributed by atoms with Crippen LogP contribution in [0, 0.1) is 0 Å². The molecule has 5 rings (SSSR count). The standard InChI is InChI=1S/C28H22N6O3/c1-35-23-11-9-19(31-33-27-7-3-5-15-29-27)17-21(23)25-13-14-26(37-25)22-18-20(10-12-24(22)36-2)32-34-28-8-4-6-16-30-28/h3-18H,1-2H3. The maximum absolute atomic E-state index is 6.25. The Morgan fingerprint density at radius 1 is 0.568 bits per heavy atom. The fraction of sp³-hybridized carbons (Fsp3) is 0.0714. The van der Waals surface area contributed by atoms with E-state index in [1.54, 1.807) is 38.7 Å². The number of furan rings is 1. The van der Waals surface area contributed by atoms with Crippen LogP contribution in [0.3, 0.4) is 0 Å². The average Bonchev–Trinajstić information content (AvgIpc) is 3.46. The molecule has 0 aliphatic heterocycles. The zero-order chi connectivity index (χ0) is 25.5. The van der Waals surface area contributed by atoms with Crippen LogP contribution in [0.25, 0.3) is 22.6 Å². The van der Waals surface area contributed by atoms with Gasteiger partial charge in [-0.25, -0.2) is 9.97 Å². The first-order valence-corrected chi connectivity index (χ1v) is 11.4. The van der Waals surface area contributed by atoms with Crippen molar-refractivity contribution in [1.29, 1.82) is 0 Å². The predicted molar refractivity (Wildman–Crippen MR) is 140 cm³/mol. The molecule has 2 aromatic carbocycles. The Kier molecular flexibility index (Phi) is 7.03. The average molecular weight is 491 g/mol. The Hall–Kier alpha value is -5.18. The largest absolute Gasteiger partial charge is 0.496 e. The molecule has 0 fully saturated rings. The van der Waals surface area contributed by atoms with E-state index in [1.807, 2.05) is 72.8 Å². The van der Waals surface area contributed by atoms with Gasteiger partial charge in [-0.1, -0.05) is 12.1 Å². The normalized spacial score (nSPS) is 11.3. The number of benzene rings is 2. The summed E-state index contributed by atoms with van der Waals surface area (Å²) < 4.78 is 17.4. The SMILES string of the molecule is COc1ccc(N=Nc2ccccn2)cc1-c1ccc(-c2cc(N=Nc3ccccn3)ccc2OC)o1. The van der Waals surface area contributed by atoms with Gasteiger partial charge in [0.05, 0.1) is 36.7 Å². The minimum Gasteiger partial charge on any atom is -0.496 e. The zero-order valence-corrected chi connectivity index (χ0v) is 20.1. The molecule has 0 unspecified atom stereocenters. The summed E-state index contributed by atoms with van der Waals surface area (Å²) in [5, 5.41) is 17.0. The fourth-order valence-electron chi connectivity index (χ4n) is 3.57. The summed E-state index contributed by atoms with van der Waals surface area (Å²) in [5.74, 6) is 3.53. The van der Waals surface area contributed by atoms with Gasteiger partial charge in [0.15, 0.2) is 11.6 Å². The van der Waals surface area contributed by atoms with E-state index in [2.05, 4.69) is 30.4 Å². The lowest BCUT2D eigenvalue weighted by atomic mass is 10.1. The molecule has 0 bridgehead atoms. The topological polar surface area (TPSA) is 107 Å². The fourth-order valence-corrected chi connectivity index (χ4v) is 3.57. The van der Waals surface area contributed by atoms with Gasteiger partial charge in [-0.3, -0.25) is 0 Å². The molecule has 9 nitrogen and oxygen atoms in total. The van der Waals surface area contributed by atoms with Crippen LogP contribution >= 0.6 is 0 Å². The van der Waals surface area contributed by atoms with Gasteiger partial charge >= 0.3 is 0 Å². The van der Waals surface area contributed by atoms with Crippen LogP contribution in [0.2, 0.25) is 0 Å². The first-order valence-electron chi connectivity index (χ1n) is 11.4. The quantitative estimate of drug-likeness (QED) is 0.204. The monoisotopic (exact) mass is 490 g/mol. The minimum atomic E-state index is 0.521. The third-order valence-corrected chi connectivity index (χ3v) is 5.34. The molecule has 3 aromatic heterocycles. The molecular weight excluding hydrogens is 468 g/mol. The van der Waals surface area contributed by atoms with Crippen LogP contribution in [-0.2, 0) is 0 Å². The molecule has 9 heteroatoms. The second kappa shape index (κ2) is 11.0. The van der Waals surface area contributed by atoms with Crippen LogP contribution in [0.5, 0.6) is 11.5 Å². The van der Waals surface area contributed by atoms with Gasteiger partial charge in [0.2, 0.25) is 0 Å². The molecule has 0 saturated carbocycles. The van der Waals surface area contributed by atoms with Gasteiger partial charge < -0.3 is 13.9 Å². The van der Waals surface area contributed by atoms with E-state index in [4.69, 9.17) is 13.9 Å². The highest BCUT2D eigenvalue weighted by Crippen LogP contribution is 2.40. The number of rotatable bonds is 8. The maximum Gasteiger partial charge on any atom is 0.174 e. The highest BCUT2D eigenvalue weighted by atomic mass is 16.5. The van der Waals surface area contributed by atoms with Crippen molar-refractivity contribution in [1.82, 2.24) is 9.97 Å². The number of aromatic nitrogens is 2. The molecule has 0 radical (unpaired) electrons. The molecule has 5 aromatic rings. The molecule has 3 heterocycles. The molecular formula is C28H22N6O3. The van der Waals surface area contributed by atoms with Gasteiger partial charge in [0.25, 0.3) is 0 Å². The van der Waals surface area contributed by atoms with E-state index in [9.17, 15) is 0 Å². The first-order chi connectivity index (χ1) is 18.2. The van der Waals surface area contributed by atoms with Crippen molar-refractivity contribution in [2.45, 2.75) is 0 Å². The number of nitrogens with zero attached hydrogens (tertiary/aromatic N) is 6. The first kappa shape index (κ1) is 23.6. The van der Waals surface area contributed by atoms with E-state index in [0.29, 0.717) is 46.0 Å². The Morgan fingerprint density at radius 2 is 1.05 bits per heavy atom. The summed E-state index contributed by atoms with van der Waals surface area (Å²) in [5.41, 5.74) is 2.73. The van der Waals surface area contributed by atoms with Crippen molar-refractivity contribution in [2.24, 2.45) is 20.5 Å². The summed E-state index contributed by atoms with van der Waals surface area (Å²) in [6.07, 6.45) is 3.34. The van der Waals surface area contributed by atoms with E-state index in [-0.39, 0.29) is 0 Å². The van der Waals surface area contributed by atoms with Gasteiger partial charge in [0, 0.05) is 12.4 Å². The number of methoxy groups -OCH3 is 2. The minimum absolute atomic E-state index is 0.521. The number of azo groups is 2. The summed E-state index contributed by atoms with van der Waals surface area (Å²) in [7, 11) is 3.22. The highest BCUT2D eigenvalue weighted by Gasteiger charge is 2.16. The van der Waals surface area contributed by atoms with Crippen LogP contribution in [0.15, 0.2) is 122 Å². The summed E-state index contributed by atoms with van der Waals surface area (Å²) in [6, 6.07) is 25.6. The zero-order valence-electron chi connectivity index (χ0n) is 20.1. The van der Waals surface area contributed by atoms with E-state index in [1.165, 1.54) is 0 Å². The summed E-state index contributed by atoms with van der Waals surface area (Å²) >= 11 is 0. The smallest absolute Gasteiger partial charge is 0.174 e. The number of hydrogen-bond acceptors (Lipinski definition) is 9. The lowest BCUT2D eigenvalue weighted by Crippen LogP contribution is -1.87. The lowest BCUT2D eigenvalue weighted by molar-refractivity contribution is 0.413. The van der Waals surface area contributed by atoms with Crippen molar-refractivity contribution < 1.29 is 13.9 Å². The molecule has 0 atom stereocenters. The maximum atomic E-state index is 6.25. The number of ether oxygens (including phenoxy) is 2. The molecule has 0 amide bonds. The van der Waals surface area contributed by atoms with Crippen LogP contribution in [0.4, 0.5) is 23.0 Å². The number of pyridine rings is 2. The number of hydrogen-bond donors (Lipinski definition) is 0. The Bertz CT molecular complexity index is 1430. The highest BCUT2D eigenvalue weighted by molar-refractivity contribution is 5.75. The van der Waals surface area contributed by atoms with E-state index < -0.39 is 0 Å². The molecule has 0 aliphatic rings. The summed E-state index contributed by atoms with van der Waals surface area (Å²) in [4.78, 5) is 8.33. The van der Waals surface area contributed by atoms with Gasteiger partial charge in [-0.15, -0.1) is 20.5 Å². The summed E-state index contributed by atoms with van der Waals surface area (Å²) in [6.45, 7) is 0. The van der Waals surface area contributed by atoms with Crippen molar-refractivity contribution in [3.05, 3.63) is 97.3 Å². The Balaban J connectivity index is 1.46. The van der Waals surface area contributed by atoms with E-state index in [0.717, 1.165) is 11.1 Å². The molecule has 37 heavy (non-hydrogen) atoms. The van der Waals surface area contributed by atoms with Gasteiger partial charge in [0.1, 0.15) is 23.0 Å². The Labute approximate surface area is 213 Å². The third-order valence-electron chi connectivity index (χ3n) is 5.34. The molecule has 0 aliphatic carbocycles. The van der Waals surface area contributed by atoms with Crippen LogP contribution < -0.4 is 9.47 Å². The molecule has 0 N–H and O–H groups in total. The van der Waals surface area contributed by atoms with Gasteiger partial charge in [-0.05, 0) is 72.8 Å². The Morgan fingerprint density at radius 3 is 1.46 bits per heavy atom. The van der Waals surface area contributed by atoms with E-state index >= 15 is 0 Å². The second-order valence-corrected chi connectivity index (χ2v) is 7.71. The molecule has 0 spiro atoms. The van der Waals surface area contributed by atoms with Crippen LogP contribution in [0.1, 0.15) is 0 Å². The van der Waals surface area contributed by atoms with Crippen molar-refractivity contribution in [2.75, 3.05) is 14.2 Å².